The van der Waals surface area contributed by atoms with E-state index in [1.165, 1.54) is 12.8 Å². The van der Waals surface area contributed by atoms with Crippen LogP contribution in [-0.2, 0) is 16.6 Å². The summed E-state index contributed by atoms with van der Waals surface area (Å²) >= 11 is 0. The van der Waals surface area contributed by atoms with Crippen molar-refractivity contribution in [3.05, 3.63) is 12.3 Å². The van der Waals surface area contributed by atoms with Crippen LogP contribution in [0.2, 0.25) is 0 Å². The second-order valence-electron chi connectivity index (χ2n) is 7.17. The van der Waals surface area contributed by atoms with Crippen LogP contribution >= 0.6 is 0 Å². The van der Waals surface area contributed by atoms with E-state index in [1.807, 2.05) is 19.0 Å². The molecule has 2 aliphatic rings. The van der Waals surface area contributed by atoms with Gasteiger partial charge < -0.3 is 10.2 Å². The van der Waals surface area contributed by atoms with E-state index in [4.69, 9.17) is 0 Å². The van der Waals surface area contributed by atoms with Crippen LogP contribution in [0.4, 0.5) is 5.82 Å². The van der Waals surface area contributed by atoms with Crippen LogP contribution in [-0.4, -0.2) is 64.1 Å². The quantitative estimate of drug-likeness (QED) is 0.846. The molecule has 0 unspecified atom stereocenters. The Kier molecular flexibility index (Phi) is 5.18. The minimum Gasteiger partial charge on any atom is -0.339 e. The number of aromatic nitrogens is 2. The van der Waals surface area contributed by atoms with Crippen molar-refractivity contribution in [2.45, 2.75) is 38.1 Å². The van der Waals surface area contributed by atoms with Crippen molar-refractivity contribution in [2.75, 3.05) is 32.0 Å². The van der Waals surface area contributed by atoms with Crippen LogP contribution in [0.5, 0.6) is 0 Å². The van der Waals surface area contributed by atoms with E-state index in [9.17, 15) is 9.59 Å². The van der Waals surface area contributed by atoms with E-state index in [0.717, 1.165) is 25.9 Å². The Morgan fingerprint density at radius 2 is 2.17 bits per heavy atom. The van der Waals surface area contributed by atoms with Crippen molar-refractivity contribution < 1.29 is 9.59 Å². The molecule has 132 valence electrons. The average molecular weight is 333 g/mol. The fraction of sp³-hybridized carbons (Fsp3) is 0.706. The maximum Gasteiger partial charge on any atom is 0.239 e. The van der Waals surface area contributed by atoms with Crippen molar-refractivity contribution in [3.63, 3.8) is 0 Å². The number of carbonyl (C=O) groups is 2. The molecular formula is C17H27N5O2. The minimum absolute atomic E-state index is 0.0758. The lowest BCUT2D eigenvalue weighted by Crippen LogP contribution is -2.37. The molecule has 2 heterocycles. The van der Waals surface area contributed by atoms with Gasteiger partial charge in [-0.05, 0) is 25.8 Å². The SMILES string of the molecule is CN(CC(=O)Nc1ccn(C)n1)C[C@H]1CC(=O)N(C2CCCC2)C1. The molecule has 1 atom stereocenters. The zero-order chi connectivity index (χ0) is 17.1. The van der Waals surface area contributed by atoms with Crippen LogP contribution < -0.4 is 5.32 Å². The molecule has 1 aromatic heterocycles. The van der Waals surface area contributed by atoms with Crippen LogP contribution in [0.1, 0.15) is 32.1 Å². The van der Waals surface area contributed by atoms with Gasteiger partial charge in [-0.2, -0.15) is 5.10 Å². The van der Waals surface area contributed by atoms with E-state index in [2.05, 4.69) is 15.3 Å². The van der Waals surface area contributed by atoms with Gasteiger partial charge in [-0.3, -0.25) is 19.2 Å². The molecule has 1 aliphatic carbocycles. The third kappa shape index (κ3) is 4.14. The molecule has 1 saturated carbocycles. The van der Waals surface area contributed by atoms with E-state index in [1.54, 1.807) is 16.9 Å². The van der Waals surface area contributed by atoms with E-state index in [0.29, 0.717) is 36.7 Å². The lowest BCUT2D eigenvalue weighted by Gasteiger charge is -2.25. The maximum absolute atomic E-state index is 12.2. The normalized spacial score (nSPS) is 21.9. The highest BCUT2D eigenvalue weighted by Crippen LogP contribution is 2.29. The Labute approximate surface area is 143 Å². The van der Waals surface area contributed by atoms with E-state index < -0.39 is 0 Å². The lowest BCUT2D eigenvalue weighted by atomic mass is 10.1. The number of aryl methyl sites for hydroxylation is 1. The highest BCUT2D eigenvalue weighted by molar-refractivity contribution is 5.91. The molecule has 0 spiro atoms. The maximum atomic E-state index is 12.2. The third-order valence-electron chi connectivity index (χ3n) is 4.97. The Morgan fingerprint density at radius 1 is 1.42 bits per heavy atom. The Hall–Kier alpha value is -1.89. The fourth-order valence-electron chi connectivity index (χ4n) is 3.91. The molecule has 7 heteroatoms. The molecule has 0 aromatic carbocycles. The van der Waals surface area contributed by atoms with Crippen LogP contribution in [0.15, 0.2) is 12.3 Å². The van der Waals surface area contributed by atoms with Crippen molar-refractivity contribution in [3.8, 4) is 0 Å². The number of hydrogen-bond acceptors (Lipinski definition) is 4. The first-order valence-corrected chi connectivity index (χ1v) is 8.79. The van der Waals surface area contributed by atoms with Gasteiger partial charge in [-0.15, -0.1) is 0 Å². The zero-order valence-electron chi connectivity index (χ0n) is 14.6. The Bertz CT molecular complexity index is 594. The monoisotopic (exact) mass is 333 g/mol. The Morgan fingerprint density at radius 3 is 2.83 bits per heavy atom. The number of likely N-dealkylation sites (tertiary alicyclic amines) is 1. The molecule has 3 rings (SSSR count). The van der Waals surface area contributed by atoms with Gasteiger partial charge >= 0.3 is 0 Å². The molecule has 1 N–H and O–H groups in total. The van der Waals surface area contributed by atoms with Crippen molar-refractivity contribution >= 4 is 17.6 Å². The molecular weight excluding hydrogens is 306 g/mol. The first kappa shape index (κ1) is 17.0. The van der Waals surface area contributed by atoms with Gasteiger partial charge in [0.2, 0.25) is 11.8 Å². The summed E-state index contributed by atoms with van der Waals surface area (Å²) in [5, 5.41) is 6.93. The first-order valence-electron chi connectivity index (χ1n) is 8.79. The molecule has 0 radical (unpaired) electrons. The van der Waals surface area contributed by atoms with Gasteiger partial charge in [0.1, 0.15) is 0 Å². The summed E-state index contributed by atoms with van der Waals surface area (Å²) in [7, 11) is 3.75. The zero-order valence-corrected chi connectivity index (χ0v) is 14.6. The van der Waals surface area contributed by atoms with Gasteiger partial charge in [-0.25, -0.2) is 0 Å². The number of carbonyl (C=O) groups excluding carboxylic acids is 2. The van der Waals surface area contributed by atoms with Gasteiger partial charge in [-0.1, -0.05) is 12.8 Å². The number of hydrogen-bond donors (Lipinski definition) is 1. The second kappa shape index (κ2) is 7.34. The summed E-state index contributed by atoms with van der Waals surface area (Å²) in [4.78, 5) is 28.4. The molecule has 1 aromatic rings. The van der Waals surface area contributed by atoms with E-state index >= 15 is 0 Å². The predicted octanol–water partition coefficient (Wildman–Crippen LogP) is 1.08. The number of anilines is 1. The largest absolute Gasteiger partial charge is 0.339 e. The van der Waals surface area contributed by atoms with Crippen LogP contribution in [0.25, 0.3) is 0 Å². The first-order chi connectivity index (χ1) is 11.5. The predicted molar refractivity (Wildman–Crippen MR) is 91.4 cm³/mol. The number of nitrogens with one attached hydrogen (secondary N) is 1. The summed E-state index contributed by atoms with van der Waals surface area (Å²) in [5.74, 6) is 1.11. The molecule has 2 amide bonds. The Balaban J connectivity index is 1.44. The number of rotatable bonds is 6. The van der Waals surface area contributed by atoms with Crippen molar-refractivity contribution in [1.29, 1.82) is 0 Å². The van der Waals surface area contributed by atoms with Gasteiger partial charge in [0.25, 0.3) is 0 Å². The van der Waals surface area contributed by atoms with Crippen LogP contribution in [0.3, 0.4) is 0 Å². The number of amides is 2. The lowest BCUT2D eigenvalue weighted by molar-refractivity contribution is -0.129. The molecule has 1 saturated heterocycles. The standard InChI is InChI=1S/C17H27N5O2/c1-20(12-16(23)18-15-7-8-21(2)19-15)10-13-9-17(24)22(11-13)14-5-3-4-6-14/h7-8,13-14H,3-6,9-12H2,1-2H3,(H,18,19,23)/t13-/m1/s1. The molecule has 24 heavy (non-hydrogen) atoms. The summed E-state index contributed by atoms with van der Waals surface area (Å²) in [5.41, 5.74) is 0. The van der Waals surface area contributed by atoms with Crippen LogP contribution in [0, 0.1) is 5.92 Å². The molecule has 2 fully saturated rings. The summed E-state index contributed by atoms with van der Waals surface area (Å²) in [6.07, 6.45) is 7.20. The summed E-state index contributed by atoms with van der Waals surface area (Å²) in [6.45, 7) is 1.92. The van der Waals surface area contributed by atoms with Crippen molar-refractivity contribution in [2.24, 2.45) is 13.0 Å². The smallest absolute Gasteiger partial charge is 0.239 e. The van der Waals surface area contributed by atoms with Gasteiger partial charge in [0, 0.05) is 44.9 Å². The van der Waals surface area contributed by atoms with Gasteiger partial charge in [0.05, 0.1) is 6.54 Å². The molecule has 7 nitrogen and oxygen atoms in total. The highest BCUT2D eigenvalue weighted by atomic mass is 16.2. The summed E-state index contributed by atoms with van der Waals surface area (Å²) < 4.78 is 1.65. The van der Waals surface area contributed by atoms with Crippen molar-refractivity contribution in [1.82, 2.24) is 19.6 Å². The number of likely N-dealkylation sites (N-methyl/N-ethyl adjacent to an activating group) is 1. The number of nitrogens with zero attached hydrogens (tertiary/aromatic N) is 4. The third-order valence-corrected chi connectivity index (χ3v) is 4.97. The molecule has 1 aliphatic heterocycles. The van der Waals surface area contributed by atoms with E-state index in [-0.39, 0.29) is 5.91 Å². The minimum atomic E-state index is -0.0758. The molecule has 0 bridgehead atoms. The fourth-order valence-corrected chi connectivity index (χ4v) is 3.91. The topological polar surface area (TPSA) is 70.5 Å². The second-order valence-corrected chi connectivity index (χ2v) is 7.17. The average Bonchev–Trinajstić information content (AvgIpc) is 3.21. The van der Waals surface area contributed by atoms with Gasteiger partial charge in [0.15, 0.2) is 5.82 Å². The highest BCUT2D eigenvalue weighted by Gasteiger charge is 2.35. The summed E-state index contributed by atoms with van der Waals surface area (Å²) in [6, 6.07) is 2.23.